The Balaban J connectivity index is 0.000000156. The zero-order valence-corrected chi connectivity index (χ0v) is 35.8. The molecule has 0 aliphatic heterocycles. The van der Waals surface area contributed by atoms with Gasteiger partial charge in [0, 0.05) is 24.2 Å². The number of halogens is 5. The van der Waals surface area contributed by atoms with E-state index in [9.17, 15) is 22.8 Å². The third kappa shape index (κ3) is 5.73. The maximum Gasteiger partial charge on any atom is 0.222 e. The number of hydrogen-bond acceptors (Lipinski definition) is 11. The second-order valence-electron chi connectivity index (χ2n) is 17.9. The Bertz CT molecular complexity index is 3080. The lowest BCUT2D eigenvalue weighted by Gasteiger charge is -2.37. The van der Waals surface area contributed by atoms with Gasteiger partial charge in [-0.25, -0.2) is 42.5 Å². The van der Waals surface area contributed by atoms with E-state index in [1.165, 1.54) is 36.4 Å². The Kier molecular flexibility index (Phi) is 9.43. The molecule has 0 saturated heterocycles. The van der Waals surface area contributed by atoms with E-state index >= 15 is 0 Å². The molecule has 5 heterocycles. The van der Waals surface area contributed by atoms with Crippen molar-refractivity contribution in [2.45, 2.75) is 76.0 Å². The minimum Gasteiger partial charge on any atom is -0.383 e. The molecular formula is C48H38ClF4N11. The number of benzene rings is 2. The lowest BCUT2D eigenvalue weighted by molar-refractivity contribution is 0.242. The van der Waals surface area contributed by atoms with Crippen LogP contribution in [0.25, 0.3) is 33.9 Å². The Morgan fingerprint density at radius 2 is 1.14 bits per heavy atom. The number of nitrogen functional groups attached to an aromatic ring is 1. The first-order chi connectivity index (χ1) is 30.6. The van der Waals surface area contributed by atoms with E-state index in [0.29, 0.717) is 11.4 Å². The molecule has 4 bridgehead atoms. The number of rotatable bonds is 5. The van der Waals surface area contributed by atoms with Crippen LogP contribution in [-0.4, -0.2) is 45.3 Å². The quantitative estimate of drug-likeness (QED) is 0.129. The lowest BCUT2D eigenvalue weighted by Crippen LogP contribution is -2.38. The molecule has 4 atom stereocenters. The summed E-state index contributed by atoms with van der Waals surface area (Å²) in [6, 6.07) is 18.6. The normalized spacial score (nSPS) is 22.6. The number of anilines is 1. The average molecular weight is 880 g/mol. The average Bonchev–Trinajstić information content (AvgIpc) is 3.85. The number of nitrogens with zero attached hydrogens (tertiary/aromatic N) is 10. The van der Waals surface area contributed by atoms with E-state index in [2.05, 4.69) is 68.0 Å². The van der Waals surface area contributed by atoms with Crippen LogP contribution in [0.4, 0.5) is 23.4 Å². The van der Waals surface area contributed by atoms with E-state index < -0.39 is 34.1 Å². The summed E-state index contributed by atoms with van der Waals surface area (Å²) in [6.07, 6.45) is 8.38. The topological polar surface area (TPSA) is 166 Å². The van der Waals surface area contributed by atoms with E-state index in [1.807, 2.05) is 18.2 Å². The monoisotopic (exact) mass is 879 g/mol. The van der Waals surface area contributed by atoms with Crippen LogP contribution in [-0.2, 0) is 10.8 Å². The zero-order valence-electron chi connectivity index (χ0n) is 35.0. The largest absolute Gasteiger partial charge is 0.383 e. The Labute approximate surface area is 370 Å². The standard InChI is InChI=1S/C27H21F2N7.C21H17ClF2N4/c1-26(2)17-6-8-27(26,21-7-9-32-25(34-21)15-10-14(12-30)24(31)33-13-15)23-16(17)11-20(35-36-23)22-18(28)4-3-5-19(22)29;1-20(2)12-6-8-21(20,16-7-9-25-19(22)26-16)18-11(12)10-15(27-28-18)17-13(23)4-3-5-14(17)24/h3-5,7,9-11,13,17H,6,8H2,1-2H3,(H2,31,33);3-5,7,9-10,12H,6,8H2,1-2H3/t17-,27-;12-,21-/m00/s1. The van der Waals surface area contributed by atoms with Crippen molar-refractivity contribution in [3.63, 3.8) is 0 Å². The Morgan fingerprint density at radius 3 is 1.62 bits per heavy atom. The predicted molar refractivity (Wildman–Crippen MR) is 229 cm³/mol. The molecule has 0 radical (unpaired) electrons. The minimum atomic E-state index is -0.671. The highest BCUT2D eigenvalue weighted by molar-refractivity contribution is 6.28. The van der Waals surface area contributed by atoms with Gasteiger partial charge < -0.3 is 5.73 Å². The van der Waals surface area contributed by atoms with Crippen molar-refractivity contribution >= 4 is 17.4 Å². The number of nitrogens with two attached hydrogens (primary N) is 1. The summed E-state index contributed by atoms with van der Waals surface area (Å²) in [4.78, 5) is 21.9. The van der Waals surface area contributed by atoms with Crippen LogP contribution in [0.2, 0.25) is 5.28 Å². The maximum absolute atomic E-state index is 14.5. The second-order valence-corrected chi connectivity index (χ2v) is 18.3. The number of pyridine rings is 1. The molecule has 2 saturated carbocycles. The van der Waals surface area contributed by atoms with Crippen molar-refractivity contribution in [1.29, 1.82) is 5.26 Å². The van der Waals surface area contributed by atoms with Gasteiger partial charge in [0.15, 0.2) is 5.82 Å². The van der Waals surface area contributed by atoms with Gasteiger partial charge in [-0.05, 0) is 126 Å². The van der Waals surface area contributed by atoms with E-state index in [0.717, 1.165) is 59.6 Å². The maximum atomic E-state index is 14.5. The summed E-state index contributed by atoms with van der Waals surface area (Å²) >= 11 is 6.07. The SMILES string of the molecule is CC1(C)[C@H]2CC[C@]1(c1ccnc(-c3cnc(N)c(C#N)c3)n1)c1nnc(-c3c(F)cccc3F)cc12.CC1(C)[C@H]2CC[C@]1(c1ccnc(Cl)n1)c1nnc(-c3c(F)cccc3F)cc12. The predicted octanol–water partition coefficient (Wildman–Crippen LogP) is 10.00. The fraction of sp³-hybridized carbons (Fsp3) is 0.292. The summed E-state index contributed by atoms with van der Waals surface area (Å²) in [5.74, 6) is -1.73. The van der Waals surface area contributed by atoms with Crippen molar-refractivity contribution < 1.29 is 17.6 Å². The second kappa shape index (κ2) is 14.6. The van der Waals surface area contributed by atoms with Gasteiger partial charge in [0.1, 0.15) is 35.2 Å². The summed E-state index contributed by atoms with van der Waals surface area (Å²) < 4.78 is 57.5. The van der Waals surface area contributed by atoms with E-state index in [1.54, 1.807) is 36.8 Å². The molecular weight excluding hydrogens is 842 g/mol. The molecule has 0 spiro atoms. The molecule has 5 aromatic heterocycles. The van der Waals surface area contributed by atoms with Crippen molar-refractivity contribution in [3.8, 4) is 40.0 Å². The first-order valence-corrected chi connectivity index (χ1v) is 21.2. The number of aromatic nitrogens is 9. The number of fused-ring (bicyclic) bond motifs is 10. The molecule has 0 amide bonds. The van der Waals surface area contributed by atoms with Crippen LogP contribution in [0.5, 0.6) is 0 Å². The van der Waals surface area contributed by atoms with Crippen LogP contribution in [0.15, 0.2) is 85.3 Å². The van der Waals surface area contributed by atoms with Gasteiger partial charge in [0.25, 0.3) is 0 Å². The highest BCUT2D eigenvalue weighted by atomic mass is 35.5. The Morgan fingerprint density at radius 1 is 0.656 bits per heavy atom. The summed E-state index contributed by atoms with van der Waals surface area (Å²) in [5.41, 5.74) is 10.4. The molecule has 0 unspecified atom stereocenters. The molecule has 4 aliphatic carbocycles. The number of nitriles is 1. The van der Waals surface area contributed by atoms with Crippen LogP contribution < -0.4 is 5.73 Å². The fourth-order valence-electron chi connectivity index (χ4n) is 11.5. The first kappa shape index (κ1) is 41.2. The van der Waals surface area contributed by atoms with Gasteiger partial charge in [-0.3, -0.25) is 0 Å². The van der Waals surface area contributed by atoms with Gasteiger partial charge in [0.2, 0.25) is 5.28 Å². The van der Waals surface area contributed by atoms with Crippen LogP contribution in [0.3, 0.4) is 0 Å². The number of hydrogen-bond donors (Lipinski definition) is 1. The fourth-order valence-corrected chi connectivity index (χ4v) is 11.7. The highest BCUT2D eigenvalue weighted by Gasteiger charge is 2.66. The molecule has 11 rings (SSSR count). The summed E-state index contributed by atoms with van der Waals surface area (Å²) in [7, 11) is 0. The lowest BCUT2D eigenvalue weighted by atomic mass is 9.66. The molecule has 2 fully saturated rings. The van der Waals surface area contributed by atoms with Gasteiger partial charge in [-0.2, -0.15) is 15.5 Å². The zero-order chi connectivity index (χ0) is 44.9. The van der Waals surface area contributed by atoms with Gasteiger partial charge in [0.05, 0.1) is 61.7 Å². The smallest absolute Gasteiger partial charge is 0.222 e. The highest BCUT2D eigenvalue weighted by Crippen LogP contribution is 2.70. The van der Waals surface area contributed by atoms with Crippen molar-refractivity contribution in [3.05, 3.63) is 153 Å². The van der Waals surface area contributed by atoms with Gasteiger partial charge in [-0.1, -0.05) is 39.8 Å². The molecule has 4 aliphatic rings. The molecule has 320 valence electrons. The van der Waals surface area contributed by atoms with Crippen LogP contribution in [0, 0.1) is 45.4 Å². The summed E-state index contributed by atoms with van der Waals surface area (Å²) in [6.45, 7) is 8.73. The van der Waals surface area contributed by atoms with E-state index in [-0.39, 0.29) is 61.8 Å². The molecule has 2 N–H and O–H groups in total. The van der Waals surface area contributed by atoms with Gasteiger partial charge in [-0.15, -0.1) is 10.2 Å². The van der Waals surface area contributed by atoms with E-state index in [4.69, 9.17) is 22.3 Å². The first-order valence-electron chi connectivity index (χ1n) is 20.8. The van der Waals surface area contributed by atoms with Gasteiger partial charge >= 0.3 is 0 Å². The van der Waals surface area contributed by atoms with Crippen molar-refractivity contribution in [1.82, 2.24) is 45.3 Å². The third-order valence-corrected chi connectivity index (χ3v) is 14.8. The molecule has 16 heteroatoms. The minimum absolute atomic E-state index is 0.124. The third-order valence-electron chi connectivity index (χ3n) is 14.7. The molecule has 11 nitrogen and oxygen atoms in total. The van der Waals surface area contributed by atoms with Crippen LogP contribution in [0.1, 0.15) is 105 Å². The van der Waals surface area contributed by atoms with Crippen molar-refractivity contribution in [2.24, 2.45) is 10.8 Å². The molecule has 7 aromatic rings. The van der Waals surface area contributed by atoms with Crippen LogP contribution >= 0.6 is 11.6 Å². The Hall–Kier alpha value is -6.79. The summed E-state index contributed by atoms with van der Waals surface area (Å²) in [5, 5.41) is 27.1. The molecule has 64 heavy (non-hydrogen) atoms. The van der Waals surface area contributed by atoms with Crippen molar-refractivity contribution in [2.75, 3.05) is 5.73 Å². The molecule has 2 aromatic carbocycles.